The van der Waals surface area contributed by atoms with E-state index in [9.17, 15) is 9.59 Å². The molecule has 0 aliphatic carbocycles. The van der Waals surface area contributed by atoms with Crippen LogP contribution in [0.3, 0.4) is 0 Å². The molecule has 5 nitrogen and oxygen atoms in total. The number of carbonyl (C=O) groups excluding carboxylic acids is 1. The van der Waals surface area contributed by atoms with Gasteiger partial charge in [0.2, 0.25) is 0 Å². The highest BCUT2D eigenvalue weighted by molar-refractivity contribution is 5.82. The molecule has 2 fully saturated rings. The summed E-state index contributed by atoms with van der Waals surface area (Å²) >= 11 is 0. The number of nitrogens with zero attached hydrogens (tertiary/aromatic N) is 1. The number of rotatable bonds is 2. The third kappa shape index (κ3) is 2.35. The Balaban J connectivity index is 1.88. The molecule has 1 N–H and O–H groups in total. The Morgan fingerprint density at radius 1 is 1.06 bits per heavy atom. The summed E-state index contributed by atoms with van der Waals surface area (Å²) in [7, 11) is 0. The summed E-state index contributed by atoms with van der Waals surface area (Å²) in [6, 6.07) is 0. The van der Waals surface area contributed by atoms with Crippen molar-refractivity contribution >= 4 is 11.9 Å². The molecule has 0 radical (unpaired) electrons. The number of carboxylic acids is 1. The van der Waals surface area contributed by atoms with Crippen LogP contribution >= 0.6 is 0 Å². The van der Waals surface area contributed by atoms with Crippen LogP contribution in [0.1, 0.15) is 32.1 Å². The normalized spacial score (nSPS) is 30.4. The van der Waals surface area contributed by atoms with Crippen molar-refractivity contribution in [2.75, 3.05) is 13.1 Å². The summed E-state index contributed by atoms with van der Waals surface area (Å²) in [5, 5.41) is 8.77. The van der Waals surface area contributed by atoms with Crippen LogP contribution in [0.2, 0.25) is 0 Å². The zero-order chi connectivity index (χ0) is 11.5. The van der Waals surface area contributed by atoms with Crippen LogP contribution in [0, 0.1) is 0 Å². The fourth-order valence-electron chi connectivity index (χ4n) is 2.32. The molecule has 2 aliphatic heterocycles. The maximum Gasteiger partial charge on any atom is 0.332 e. The van der Waals surface area contributed by atoms with Gasteiger partial charge in [-0.2, -0.15) is 0 Å². The van der Waals surface area contributed by atoms with E-state index < -0.39 is 18.2 Å². The third-order valence-corrected chi connectivity index (χ3v) is 3.24. The van der Waals surface area contributed by atoms with E-state index in [-0.39, 0.29) is 5.91 Å². The van der Waals surface area contributed by atoms with E-state index in [1.165, 1.54) is 6.42 Å². The summed E-state index contributed by atoms with van der Waals surface area (Å²) in [5.74, 6) is -0.989. The Kier molecular flexibility index (Phi) is 3.43. The molecule has 2 rings (SSSR count). The summed E-state index contributed by atoms with van der Waals surface area (Å²) in [4.78, 5) is 24.5. The predicted octanol–water partition coefficient (Wildman–Crippen LogP) is 0.631. The molecule has 0 saturated carbocycles. The molecule has 0 aromatic heterocycles. The number of piperidine rings is 1. The Labute approximate surface area is 94.4 Å². The lowest BCUT2D eigenvalue weighted by atomic mass is 10.1. The highest BCUT2D eigenvalue weighted by Crippen LogP contribution is 2.22. The predicted molar refractivity (Wildman–Crippen MR) is 56.0 cm³/mol. The number of likely N-dealkylation sites (tertiary alicyclic amines) is 1. The minimum absolute atomic E-state index is 0.0246. The third-order valence-electron chi connectivity index (χ3n) is 3.24. The molecule has 0 unspecified atom stereocenters. The van der Waals surface area contributed by atoms with Crippen LogP contribution in [0.15, 0.2) is 0 Å². The largest absolute Gasteiger partial charge is 0.479 e. The lowest BCUT2D eigenvalue weighted by molar-refractivity contribution is -0.155. The van der Waals surface area contributed by atoms with Crippen molar-refractivity contribution in [2.24, 2.45) is 0 Å². The first kappa shape index (κ1) is 11.4. The molecule has 2 aliphatic rings. The molecule has 0 spiro atoms. The van der Waals surface area contributed by atoms with E-state index in [1.807, 2.05) is 0 Å². The molecule has 1 amide bonds. The standard InChI is InChI=1S/C11H17NO4/c13-10(12-6-2-1-3-7-12)8-4-5-9(16-8)11(14)15/h8-9H,1-7H2,(H,14,15)/t8-,9+/m0/s1. The van der Waals surface area contributed by atoms with E-state index in [4.69, 9.17) is 9.84 Å². The highest BCUT2D eigenvalue weighted by atomic mass is 16.5. The van der Waals surface area contributed by atoms with Gasteiger partial charge in [0.1, 0.15) is 6.10 Å². The molecule has 5 heteroatoms. The number of hydrogen-bond donors (Lipinski definition) is 1. The van der Waals surface area contributed by atoms with Gasteiger partial charge in [-0.15, -0.1) is 0 Å². The van der Waals surface area contributed by atoms with Crippen molar-refractivity contribution < 1.29 is 19.4 Å². The van der Waals surface area contributed by atoms with Gasteiger partial charge >= 0.3 is 5.97 Å². The average Bonchev–Trinajstić information content (AvgIpc) is 2.78. The minimum Gasteiger partial charge on any atom is -0.479 e. The number of ether oxygens (including phenoxy) is 1. The topological polar surface area (TPSA) is 66.8 Å². The molecule has 90 valence electrons. The second-order valence-electron chi connectivity index (χ2n) is 4.41. The van der Waals surface area contributed by atoms with Crippen molar-refractivity contribution in [2.45, 2.75) is 44.3 Å². The number of carboxylic acid groups (broad SMARTS) is 1. The second kappa shape index (κ2) is 4.82. The average molecular weight is 227 g/mol. The van der Waals surface area contributed by atoms with E-state index in [0.29, 0.717) is 12.8 Å². The molecule has 2 atom stereocenters. The van der Waals surface area contributed by atoms with Gasteiger partial charge in [-0.25, -0.2) is 4.79 Å². The van der Waals surface area contributed by atoms with Crippen LogP contribution in [-0.2, 0) is 14.3 Å². The van der Waals surface area contributed by atoms with Crippen molar-refractivity contribution in [1.82, 2.24) is 4.90 Å². The fourth-order valence-corrected chi connectivity index (χ4v) is 2.32. The van der Waals surface area contributed by atoms with Gasteiger partial charge in [-0.05, 0) is 32.1 Å². The van der Waals surface area contributed by atoms with Gasteiger partial charge < -0.3 is 14.7 Å². The van der Waals surface area contributed by atoms with Crippen molar-refractivity contribution in [3.8, 4) is 0 Å². The SMILES string of the molecule is O=C(O)[C@H]1CC[C@@H](C(=O)N2CCCCC2)O1. The van der Waals surface area contributed by atoms with Crippen LogP contribution in [0.4, 0.5) is 0 Å². The summed E-state index contributed by atoms with van der Waals surface area (Å²) in [6.45, 7) is 1.58. The maximum atomic E-state index is 12.0. The summed E-state index contributed by atoms with van der Waals surface area (Å²) < 4.78 is 5.25. The molecule has 0 aromatic rings. The molecule has 2 saturated heterocycles. The van der Waals surface area contributed by atoms with Crippen molar-refractivity contribution in [3.05, 3.63) is 0 Å². The first-order valence-electron chi connectivity index (χ1n) is 5.85. The van der Waals surface area contributed by atoms with Gasteiger partial charge in [0.05, 0.1) is 0 Å². The number of aliphatic carboxylic acids is 1. The minimum atomic E-state index is -0.964. The zero-order valence-corrected chi connectivity index (χ0v) is 9.22. The molecule has 0 aromatic carbocycles. The first-order chi connectivity index (χ1) is 7.68. The molecule has 0 bridgehead atoms. The summed E-state index contributed by atoms with van der Waals surface area (Å²) in [6.07, 6.45) is 2.92. The van der Waals surface area contributed by atoms with E-state index in [0.717, 1.165) is 25.9 Å². The van der Waals surface area contributed by atoms with Crippen LogP contribution in [0.5, 0.6) is 0 Å². The Morgan fingerprint density at radius 2 is 1.69 bits per heavy atom. The maximum absolute atomic E-state index is 12.0. The molecular formula is C11H17NO4. The molecular weight excluding hydrogens is 210 g/mol. The van der Waals surface area contributed by atoms with Crippen LogP contribution < -0.4 is 0 Å². The molecule has 2 heterocycles. The Morgan fingerprint density at radius 3 is 2.25 bits per heavy atom. The lowest BCUT2D eigenvalue weighted by Crippen LogP contribution is -2.42. The van der Waals surface area contributed by atoms with Gasteiger partial charge in [0.25, 0.3) is 5.91 Å². The van der Waals surface area contributed by atoms with Crippen molar-refractivity contribution in [3.63, 3.8) is 0 Å². The van der Waals surface area contributed by atoms with E-state index in [2.05, 4.69) is 0 Å². The first-order valence-corrected chi connectivity index (χ1v) is 5.85. The summed E-state index contributed by atoms with van der Waals surface area (Å²) in [5.41, 5.74) is 0. The number of carbonyl (C=O) groups is 2. The Bertz CT molecular complexity index is 286. The van der Waals surface area contributed by atoms with Gasteiger partial charge in [0.15, 0.2) is 6.10 Å². The number of hydrogen-bond acceptors (Lipinski definition) is 3. The Hall–Kier alpha value is -1.10. The van der Waals surface area contributed by atoms with Gasteiger partial charge in [-0.3, -0.25) is 4.79 Å². The van der Waals surface area contributed by atoms with Crippen LogP contribution in [-0.4, -0.2) is 47.2 Å². The quantitative estimate of drug-likeness (QED) is 0.751. The second-order valence-corrected chi connectivity index (χ2v) is 4.41. The van der Waals surface area contributed by atoms with E-state index in [1.54, 1.807) is 4.90 Å². The van der Waals surface area contributed by atoms with Crippen LogP contribution in [0.25, 0.3) is 0 Å². The van der Waals surface area contributed by atoms with Gasteiger partial charge in [0, 0.05) is 13.1 Å². The van der Waals surface area contributed by atoms with Crippen molar-refractivity contribution in [1.29, 1.82) is 0 Å². The fraction of sp³-hybridized carbons (Fsp3) is 0.818. The number of amides is 1. The zero-order valence-electron chi connectivity index (χ0n) is 9.22. The smallest absolute Gasteiger partial charge is 0.332 e. The van der Waals surface area contributed by atoms with E-state index >= 15 is 0 Å². The lowest BCUT2D eigenvalue weighted by Gasteiger charge is -2.28. The highest BCUT2D eigenvalue weighted by Gasteiger charge is 2.36. The molecule has 16 heavy (non-hydrogen) atoms. The van der Waals surface area contributed by atoms with Gasteiger partial charge in [-0.1, -0.05) is 0 Å². The monoisotopic (exact) mass is 227 g/mol.